The average molecular weight is 279 g/mol. The molecule has 0 saturated heterocycles. The van der Waals surface area contributed by atoms with Crippen molar-refractivity contribution in [3.8, 4) is 0 Å². The van der Waals surface area contributed by atoms with Gasteiger partial charge in [-0.2, -0.15) is 0 Å². The Balaban J connectivity index is 2.05. The molecule has 1 aliphatic rings. The maximum atomic E-state index is 12.0. The second-order valence-electron chi connectivity index (χ2n) is 6.26. The molecule has 1 aliphatic carbocycles. The van der Waals surface area contributed by atoms with Crippen molar-refractivity contribution in [2.45, 2.75) is 45.7 Å². The van der Waals surface area contributed by atoms with Gasteiger partial charge in [-0.25, -0.2) is 4.79 Å². The lowest BCUT2D eigenvalue weighted by molar-refractivity contribution is 0.225. The van der Waals surface area contributed by atoms with E-state index in [0.717, 1.165) is 24.7 Å². The molecule has 2 rings (SSSR count). The Kier molecular flexibility index (Phi) is 4.48. The fraction of sp³-hybridized carbons (Fsp3) is 0.733. The predicted octanol–water partition coefficient (Wildman–Crippen LogP) is 0.998. The second-order valence-corrected chi connectivity index (χ2v) is 6.26. The fourth-order valence-corrected chi connectivity index (χ4v) is 2.99. The molecule has 1 aromatic heterocycles. The van der Waals surface area contributed by atoms with Gasteiger partial charge in [0.15, 0.2) is 0 Å². The van der Waals surface area contributed by atoms with Gasteiger partial charge in [0, 0.05) is 38.4 Å². The summed E-state index contributed by atoms with van der Waals surface area (Å²) >= 11 is 0. The molecule has 1 fully saturated rings. The van der Waals surface area contributed by atoms with Crippen LogP contribution in [0.15, 0.2) is 15.8 Å². The lowest BCUT2D eigenvalue weighted by Gasteiger charge is -2.32. The van der Waals surface area contributed by atoms with Crippen molar-refractivity contribution in [3.05, 3.63) is 32.6 Å². The first kappa shape index (κ1) is 15.0. The van der Waals surface area contributed by atoms with Crippen LogP contribution in [-0.2, 0) is 20.6 Å². The quantitative estimate of drug-likeness (QED) is 0.898. The monoisotopic (exact) mass is 279 g/mol. The van der Waals surface area contributed by atoms with E-state index in [1.54, 1.807) is 13.2 Å². The van der Waals surface area contributed by atoms with Gasteiger partial charge in [0.25, 0.3) is 5.56 Å². The average Bonchev–Trinajstić information content (AvgIpc) is 2.42. The van der Waals surface area contributed by atoms with Crippen molar-refractivity contribution in [1.29, 1.82) is 0 Å². The molecular weight excluding hydrogens is 254 g/mol. The van der Waals surface area contributed by atoms with E-state index in [9.17, 15) is 9.59 Å². The maximum Gasteiger partial charge on any atom is 0.330 e. The molecule has 5 heteroatoms. The molecule has 0 amide bonds. The van der Waals surface area contributed by atoms with Crippen LogP contribution in [0.1, 0.15) is 38.7 Å². The minimum Gasteiger partial charge on any atom is -0.310 e. The molecule has 3 atom stereocenters. The smallest absolute Gasteiger partial charge is 0.310 e. The van der Waals surface area contributed by atoms with Crippen molar-refractivity contribution in [2.24, 2.45) is 25.9 Å². The summed E-state index contributed by atoms with van der Waals surface area (Å²) in [5.41, 5.74) is 0.178. The van der Waals surface area contributed by atoms with E-state index in [4.69, 9.17) is 0 Å². The zero-order valence-electron chi connectivity index (χ0n) is 12.8. The van der Waals surface area contributed by atoms with Crippen LogP contribution in [0.4, 0.5) is 0 Å². The highest BCUT2D eigenvalue weighted by Gasteiger charge is 2.24. The number of hydrogen-bond acceptors (Lipinski definition) is 3. The Morgan fingerprint density at radius 3 is 2.55 bits per heavy atom. The fourth-order valence-electron chi connectivity index (χ4n) is 2.99. The van der Waals surface area contributed by atoms with Gasteiger partial charge in [0.2, 0.25) is 0 Å². The molecule has 1 heterocycles. The normalized spacial score (nSPS) is 26.7. The molecule has 1 aromatic rings. The number of nitrogens with zero attached hydrogens (tertiary/aromatic N) is 2. The van der Waals surface area contributed by atoms with E-state index in [0.29, 0.717) is 18.2 Å². The Morgan fingerprint density at radius 2 is 1.90 bits per heavy atom. The highest BCUT2D eigenvalue weighted by atomic mass is 16.2. The summed E-state index contributed by atoms with van der Waals surface area (Å²) in [6.45, 7) is 5.14. The van der Waals surface area contributed by atoms with Crippen LogP contribution < -0.4 is 16.6 Å². The van der Waals surface area contributed by atoms with E-state index in [1.807, 2.05) is 0 Å². The molecule has 5 nitrogen and oxygen atoms in total. The highest BCUT2D eigenvalue weighted by molar-refractivity contribution is 5.05. The highest BCUT2D eigenvalue weighted by Crippen LogP contribution is 2.29. The van der Waals surface area contributed by atoms with Crippen LogP contribution in [0.25, 0.3) is 0 Å². The van der Waals surface area contributed by atoms with E-state index in [2.05, 4.69) is 19.2 Å². The Morgan fingerprint density at radius 1 is 1.20 bits per heavy atom. The lowest BCUT2D eigenvalue weighted by Crippen LogP contribution is -2.41. The number of rotatable bonds is 3. The van der Waals surface area contributed by atoms with Gasteiger partial charge < -0.3 is 9.88 Å². The first-order valence-corrected chi connectivity index (χ1v) is 7.39. The van der Waals surface area contributed by atoms with Gasteiger partial charge in [-0.3, -0.25) is 9.36 Å². The van der Waals surface area contributed by atoms with Crippen LogP contribution in [0.3, 0.4) is 0 Å². The minimum absolute atomic E-state index is 0.196. The standard InChI is InChI=1S/C15H25N3O2/c1-10-5-6-13(7-11(10)2)16-8-12-9-17(3)15(20)18(4)14(12)19/h9-11,13,16H,5-8H2,1-4H3. The molecule has 1 saturated carbocycles. The largest absolute Gasteiger partial charge is 0.330 e. The van der Waals surface area contributed by atoms with E-state index in [-0.39, 0.29) is 11.2 Å². The molecule has 0 bridgehead atoms. The lowest BCUT2D eigenvalue weighted by atomic mass is 9.79. The zero-order chi connectivity index (χ0) is 14.9. The van der Waals surface area contributed by atoms with Crippen molar-refractivity contribution >= 4 is 0 Å². The van der Waals surface area contributed by atoms with E-state index >= 15 is 0 Å². The second kappa shape index (κ2) is 5.95. The molecule has 20 heavy (non-hydrogen) atoms. The van der Waals surface area contributed by atoms with Crippen molar-refractivity contribution < 1.29 is 0 Å². The third-order valence-corrected chi connectivity index (χ3v) is 4.70. The predicted molar refractivity (Wildman–Crippen MR) is 79.7 cm³/mol. The third-order valence-electron chi connectivity index (χ3n) is 4.70. The Hall–Kier alpha value is -1.36. The number of hydrogen-bond donors (Lipinski definition) is 1. The summed E-state index contributed by atoms with van der Waals surface area (Å²) in [4.78, 5) is 23.7. The van der Waals surface area contributed by atoms with Crippen LogP contribution in [0.2, 0.25) is 0 Å². The van der Waals surface area contributed by atoms with Crippen LogP contribution in [0, 0.1) is 11.8 Å². The van der Waals surface area contributed by atoms with Gasteiger partial charge in [0.1, 0.15) is 0 Å². The third kappa shape index (κ3) is 3.03. The van der Waals surface area contributed by atoms with Crippen LogP contribution in [-0.4, -0.2) is 15.2 Å². The SMILES string of the molecule is CC1CCC(NCc2cn(C)c(=O)n(C)c2=O)CC1C. The first-order valence-electron chi connectivity index (χ1n) is 7.39. The minimum atomic E-state index is -0.279. The summed E-state index contributed by atoms with van der Waals surface area (Å²) in [6, 6.07) is 0.475. The van der Waals surface area contributed by atoms with Gasteiger partial charge >= 0.3 is 5.69 Å². The number of nitrogens with one attached hydrogen (secondary N) is 1. The molecule has 3 unspecified atom stereocenters. The van der Waals surface area contributed by atoms with Crippen LogP contribution >= 0.6 is 0 Å². The maximum absolute atomic E-state index is 12.0. The first-order chi connectivity index (χ1) is 9.40. The topological polar surface area (TPSA) is 56.0 Å². The molecule has 0 spiro atoms. The summed E-state index contributed by atoms with van der Waals surface area (Å²) in [6.07, 6.45) is 5.21. The molecule has 1 N–H and O–H groups in total. The van der Waals surface area contributed by atoms with Crippen molar-refractivity contribution in [3.63, 3.8) is 0 Å². The summed E-state index contributed by atoms with van der Waals surface area (Å²) in [7, 11) is 3.20. The van der Waals surface area contributed by atoms with Crippen LogP contribution in [0.5, 0.6) is 0 Å². The molecule has 0 radical (unpaired) electrons. The number of aryl methyl sites for hydroxylation is 1. The van der Waals surface area contributed by atoms with Gasteiger partial charge in [-0.15, -0.1) is 0 Å². The summed E-state index contributed by atoms with van der Waals surface area (Å²) in [5.74, 6) is 1.52. The van der Waals surface area contributed by atoms with E-state index in [1.165, 1.54) is 22.6 Å². The van der Waals surface area contributed by atoms with Gasteiger partial charge in [-0.1, -0.05) is 13.8 Å². The summed E-state index contributed by atoms with van der Waals surface area (Å²) < 4.78 is 2.63. The molecule has 112 valence electrons. The van der Waals surface area contributed by atoms with Gasteiger partial charge in [0.05, 0.1) is 0 Å². The molecule has 0 aliphatic heterocycles. The van der Waals surface area contributed by atoms with Crippen molar-refractivity contribution in [2.75, 3.05) is 0 Å². The Labute approximate surface area is 119 Å². The van der Waals surface area contributed by atoms with E-state index < -0.39 is 0 Å². The number of aromatic nitrogens is 2. The van der Waals surface area contributed by atoms with Crippen molar-refractivity contribution in [1.82, 2.24) is 14.5 Å². The summed E-state index contributed by atoms with van der Waals surface area (Å²) in [5, 5.41) is 3.47. The zero-order valence-corrected chi connectivity index (χ0v) is 12.8. The molecular formula is C15H25N3O2. The Bertz CT molecular complexity index is 588. The molecule has 0 aromatic carbocycles. The van der Waals surface area contributed by atoms with Gasteiger partial charge in [-0.05, 0) is 31.1 Å².